The van der Waals surface area contributed by atoms with Crippen LogP contribution >= 0.6 is 0 Å². The molecule has 0 N–H and O–H groups in total. The van der Waals surface area contributed by atoms with Crippen molar-refractivity contribution in [3.05, 3.63) is 83.0 Å². The Kier molecular flexibility index (Phi) is 2.79. The smallest absolute Gasteiger partial charge is 0.0210 e. The Bertz CT molecular complexity index is 558. The van der Waals surface area contributed by atoms with Crippen molar-refractivity contribution in [2.75, 3.05) is 0 Å². The number of hydrogen-bond acceptors (Lipinski definition) is 0. The zero-order valence-electron chi connectivity index (χ0n) is 10.9. The lowest BCUT2D eigenvalue weighted by Crippen LogP contribution is -2.04. The monoisotopic (exact) mass is 234 g/mol. The Morgan fingerprint density at radius 1 is 0.722 bits per heavy atom. The molecule has 0 saturated carbocycles. The third-order valence-electron chi connectivity index (χ3n) is 4.01. The minimum Gasteiger partial charge on any atom is -0.0732 e. The van der Waals surface area contributed by atoms with Crippen molar-refractivity contribution < 1.29 is 0 Å². The van der Waals surface area contributed by atoms with Crippen LogP contribution in [0.4, 0.5) is 0 Å². The van der Waals surface area contributed by atoms with Gasteiger partial charge in [-0.15, -0.1) is 0 Å². The molecule has 90 valence electrons. The van der Waals surface area contributed by atoms with E-state index < -0.39 is 0 Å². The number of aryl methyl sites for hydroxylation is 1. The average molecular weight is 234 g/mol. The summed E-state index contributed by atoms with van der Waals surface area (Å²) < 4.78 is 0. The zero-order valence-corrected chi connectivity index (χ0v) is 10.9. The van der Waals surface area contributed by atoms with Gasteiger partial charge in [-0.1, -0.05) is 60.7 Å². The zero-order chi connectivity index (χ0) is 12.5. The first-order chi connectivity index (χ1) is 8.77. The molecule has 0 aromatic heterocycles. The van der Waals surface area contributed by atoms with Crippen molar-refractivity contribution in [3.8, 4) is 0 Å². The van der Waals surface area contributed by atoms with Crippen LogP contribution in [-0.2, 0) is 0 Å². The molecule has 2 aliphatic carbocycles. The van der Waals surface area contributed by atoms with Crippen LogP contribution < -0.4 is 0 Å². The first kappa shape index (κ1) is 11.3. The lowest BCUT2D eigenvalue weighted by Gasteiger charge is -2.20. The SMILES string of the molecule is Cc1ccc(C2C=CC=C2)c(C2C=CC=C2)c1C. The van der Waals surface area contributed by atoms with Crippen LogP contribution in [0.2, 0.25) is 0 Å². The Hall–Kier alpha value is -1.82. The molecule has 0 nitrogen and oxygen atoms in total. The number of allylic oxidation sites excluding steroid dienone is 8. The van der Waals surface area contributed by atoms with Crippen LogP contribution in [0.1, 0.15) is 34.1 Å². The van der Waals surface area contributed by atoms with Crippen LogP contribution in [0.25, 0.3) is 0 Å². The minimum absolute atomic E-state index is 0.446. The van der Waals surface area contributed by atoms with Crippen molar-refractivity contribution in [2.24, 2.45) is 0 Å². The highest BCUT2D eigenvalue weighted by Gasteiger charge is 2.20. The number of benzene rings is 1. The molecule has 0 aliphatic heterocycles. The first-order valence-corrected chi connectivity index (χ1v) is 6.57. The predicted molar refractivity (Wildman–Crippen MR) is 78.0 cm³/mol. The fourth-order valence-electron chi connectivity index (χ4n) is 2.86. The summed E-state index contributed by atoms with van der Waals surface area (Å²) in [5, 5.41) is 0. The molecule has 0 unspecified atom stereocenters. The van der Waals surface area contributed by atoms with Gasteiger partial charge in [0.25, 0.3) is 0 Å². The summed E-state index contributed by atoms with van der Waals surface area (Å²) in [5.74, 6) is 0.893. The van der Waals surface area contributed by atoms with Crippen LogP contribution in [0.5, 0.6) is 0 Å². The summed E-state index contributed by atoms with van der Waals surface area (Å²) in [5.41, 5.74) is 5.75. The average Bonchev–Trinajstić information content (AvgIpc) is 3.03. The quantitative estimate of drug-likeness (QED) is 0.694. The van der Waals surface area contributed by atoms with Crippen molar-refractivity contribution >= 4 is 0 Å². The normalized spacial score (nSPS) is 18.3. The largest absolute Gasteiger partial charge is 0.0732 e. The molecule has 0 amide bonds. The summed E-state index contributed by atoms with van der Waals surface area (Å²) in [7, 11) is 0. The van der Waals surface area contributed by atoms with E-state index in [-0.39, 0.29) is 0 Å². The maximum atomic E-state index is 2.29. The molecule has 1 aromatic carbocycles. The van der Waals surface area contributed by atoms with Gasteiger partial charge in [-0.05, 0) is 36.1 Å². The fourth-order valence-corrected chi connectivity index (χ4v) is 2.86. The number of hydrogen-bond donors (Lipinski definition) is 0. The van der Waals surface area contributed by atoms with E-state index in [9.17, 15) is 0 Å². The molecule has 3 rings (SSSR count). The second kappa shape index (κ2) is 4.45. The molecule has 0 atom stereocenters. The predicted octanol–water partition coefficient (Wildman–Crippen LogP) is 4.72. The summed E-state index contributed by atoms with van der Waals surface area (Å²) in [6, 6.07) is 4.54. The lowest BCUT2D eigenvalue weighted by atomic mass is 9.84. The van der Waals surface area contributed by atoms with E-state index in [0.717, 1.165) is 0 Å². The Balaban J connectivity index is 2.15. The number of rotatable bonds is 2. The highest BCUT2D eigenvalue weighted by atomic mass is 14.2. The van der Waals surface area contributed by atoms with Crippen LogP contribution in [0.15, 0.2) is 60.7 Å². The van der Waals surface area contributed by atoms with E-state index in [0.29, 0.717) is 11.8 Å². The Morgan fingerprint density at radius 2 is 1.28 bits per heavy atom. The Labute approximate surface area is 109 Å². The van der Waals surface area contributed by atoms with E-state index in [4.69, 9.17) is 0 Å². The minimum atomic E-state index is 0.446. The molecule has 0 fully saturated rings. The second-order valence-corrected chi connectivity index (χ2v) is 5.10. The van der Waals surface area contributed by atoms with Crippen LogP contribution in [0, 0.1) is 13.8 Å². The van der Waals surface area contributed by atoms with Gasteiger partial charge < -0.3 is 0 Å². The van der Waals surface area contributed by atoms with Gasteiger partial charge >= 0.3 is 0 Å². The standard InChI is InChI=1S/C18H18/c1-13-11-12-17(15-7-3-4-8-15)18(14(13)2)16-9-5-6-10-16/h3-12,15-16H,1-2H3. The van der Waals surface area contributed by atoms with Gasteiger partial charge in [0, 0.05) is 11.8 Å². The van der Waals surface area contributed by atoms with Crippen molar-refractivity contribution in [1.82, 2.24) is 0 Å². The molecule has 0 bridgehead atoms. The molecule has 0 heterocycles. The Morgan fingerprint density at radius 3 is 1.89 bits per heavy atom. The van der Waals surface area contributed by atoms with E-state index in [1.54, 1.807) is 0 Å². The molecule has 18 heavy (non-hydrogen) atoms. The van der Waals surface area contributed by atoms with E-state index >= 15 is 0 Å². The molecular weight excluding hydrogens is 216 g/mol. The third-order valence-corrected chi connectivity index (χ3v) is 4.01. The first-order valence-electron chi connectivity index (χ1n) is 6.57. The molecule has 0 heteroatoms. The third kappa shape index (κ3) is 1.78. The summed E-state index contributed by atoms with van der Waals surface area (Å²) in [6.45, 7) is 4.45. The highest BCUT2D eigenvalue weighted by molar-refractivity contribution is 5.52. The summed E-state index contributed by atoms with van der Waals surface area (Å²) in [4.78, 5) is 0. The summed E-state index contributed by atoms with van der Waals surface area (Å²) in [6.07, 6.45) is 17.7. The van der Waals surface area contributed by atoms with Gasteiger partial charge in [0.2, 0.25) is 0 Å². The molecule has 0 saturated heterocycles. The second-order valence-electron chi connectivity index (χ2n) is 5.10. The maximum Gasteiger partial charge on any atom is 0.0210 e. The van der Waals surface area contributed by atoms with Gasteiger partial charge in [-0.25, -0.2) is 0 Å². The van der Waals surface area contributed by atoms with Crippen LogP contribution in [0.3, 0.4) is 0 Å². The topological polar surface area (TPSA) is 0 Å². The molecular formula is C18H18. The fraction of sp³-hybridized carbons (Fsp3) is 0.222. The van der Waals surface area contributed by atoms with Crippen molar-refractivity contribution in [2.45, 2.75) is 25.7 Å². The maximum absolute atomic E-state index is 2.29. The molecule has 1 aromatic rings. The van der Waals surface area contributed by atoms with Crippen LogP contribution in [-0.4, -0.2) is 0 Å². The van der Waals surface area contributed by atoms with Gasteiger partial charge in [0.15, 0.2) is 0 Å². The molecule has 2 aliphatic rings. The van der Waals surface area contributed by atoms with Gasteiger partial charge in [-0.3, -0.25) is 0 Å². The van der Waals surface area contributed by atoms with Crippen molar-refractivity contribution in [1.29, 1.82) is 0 Å². The summed E-state index contributed by atoms with van der Waals surface area (Å²) >= 11 is 0. The van der Waals surface area contributed by atoms with E-state index in [1.807, 2.05) is 0 Å². The molecule has 0 radical (unpaired) electrons. The van der Waals surface area contributed by atoms with E-state index in [1.165, 1.54) is 22.3 Å². The molecule has 0 spiro atoms. The van der Waals surface area contributed by atoms with Crippen molar-refractivity contribution in [3.63, 3.8) is 0 Å². The lowest BCUT2D eigenvalue weighted by molar-refractivity contribution is 0.974. The van der Waals surface area contributed by atoms with Gasteiger partial charge in [-0.2, -0.15) is 0 Å². The van der Waals surface area contributed by atoms with Gasteiger partial charge in [0.1, 0.15) is 0 Å². The van der Waals surface area contributed by atoms with Gasteiger partial charge in [0.05, 0.1) is 0 Å². The van der Waals surface area contributed by atoms with E-state index in [2.05, 4.69) is 74.6 Å². The highest BCUT2D eigenvalue weighted by Crippen LogP contribution is 2.36.